The summed E-state index contributed by atoms with van der Waals surface area (Å²) in [5, 5.41) is 0. The van der Waals surface area contributed by atoms with Gasteiger partial charge in [0.15, 0.2) is 0 Å². The van der Waals surface area contributed by atoms with Crippen LogP contribution in [0.5, 0.6) is 0 Å². The molecule has 0 radical (unpaired) electrons. The average molecular weight is 269 g/mol. The van der Waals surface area contributed by atoms with E-state index >= 15 is 0 Å². The number of nitrogens with two attached hydrogens (primary N) is 2. The molecule has 5 heteroatoms. The van der Waals surface area contributed by atoms with Crippen molar-refractivity contribution in [1.82, 2.24) is 4.90 Å². The van der Waals surface area contributed by atoms with E-state index < -0.39 is 6.04 Å². The topological polar surface area (TPSA) is 89.4 Å². The molecule has 1 aliphatic heterocycles. The molecule has 1 unspecified atom stereocenters. The summed E-state index contributed by atoms with van der Waals surface area (Å²) in [6.07, 6.45) is 3.98. The number of hydrogen-bond donors (Lipinski definition) is 2. The highest BCUT2D eigenvalue weighted by Crippen LogP contribution is 2.21. The second kappa shape index (κ2) is 7.48. The summed E-state index contributed by atoms with van der Waals surface area (Å²) in [6, 6.07) is -0.418. The maximum Gasteiger partial charge on any atom is 0.240 e. The van der Waals surface area contributed by atoms with Crippen molar-refractivity contribution in [3.05, 3.63) is 0 Å². The monoisotopic (exact) mass is 269 g/mol. The molecule has 4 N–H and O–H groups in total. The number of amides is 2. The van der Waals surface area contributed by atoms with Gasteiger partial charge in [0.2, 0.25) is 11.8 Å². The van der Waals surface area contributed by atoms with E-state index in [0.29, 0.717) is 31.8 Å². The molecule has 0 aliphatic carbocycles. The molecular formula is C14H27N3O2. The van der Waals surface area contributed by atoms with E-state index in [9.17, 15) is 9.59 Å². The van der Waals surface area contributed by atoms with Gasteiger partial charge in [0, 0.05) is 13.0 Å². The van der Waals surface area contributed by atoms with Gasteiger partial charge >= 0.3 is 0 Å². The molecule has 110 valence electrons. The number of carbonyl (C=O) groups excluding carboxylic acids is 2. The van der Waals surface area contributed by atoms with Gasteiger partial charge in [-0.1, -0.05) is 13.8 Å². The highest BCUT2D eigenvalue weighted by Gasteiger charge is 2.31. The minimum atomic E-state index is -0.418. The summed E-state index contributed by atoms with van der Waals surface area (Å²) < 4.78 is 0. The van der Waals surface area contributed by atoms with Gasteiger partial charge in [-0.3, -0.25) is 9.59 Å². The summed E-state index contributed by atoms with van der Waals surface area (Å²) in [4.78, 5) is 25.4. The molecule has 5 nitrogen and oxygen atoms in total. The van der Waals surface area contributed by atoms with Gasteiger partial charge in [0.25, 0.3) is 0 Å². The summed E-state index contributed by atoms with van der Waals surface area (Å²) in [7, 11) is 0. The first-order chi connectivity index (χ1) is 8.95. The van der Waals surface area contributed by atoms with Crippen LogP contribution in [-0.2, 0) is 9.59 Å². The van der Waals surface area contributed by atoms with E-state index in [1.165, 1.54) is 0 Å². The van der Waals surface area contributed by atoms with Crippen LogP contribution in [0.1, 0.15) is 46.0 Å². The van der Waals surface area contributed by atoms with E-state index in [0.717, 1.165) is 19.3 Å². The molecule has 0 aromatic heterocycles. The lowest BCUT2D eigenvalue weighted by Gasteiger charge is -2.34. The zero-order valence-electron chi connectivity index (χ0n) is 12.1. The van der Waals surface area contributed by atoms with Crippen molar-refractivity contribution in [3.8, 4) is 0 Å². The van der Waals surface area contributed by atoms with Crippen molar-refractivity contribution in [1.29, 1.82) is 0 Å². The molecule has 1 aliphatic rings. The summed E-state index contributed by atoms with van der Waals surface area (Å²) in [6.45, 7) is 5.41. The van der Waals surface area contributed by atoms with Crippen molar-refractivity contribution in [2.24, 2.45) is 23.3 Å². The molecule has 0 aromatic carbocycles. The first-order valence-electron chi connectivity index (χ1n) is 7.24. The lowest BCUT2D eigenvalue weighted by atomic mass is 9.92. The highest BCUT2D eigenvalue weighted by atomic mass is 16.2. The fourth-order valence-electron chi connectivity index (χ4n) is 2.82. The van der Waals surface area contributed by atoms with Crippen molar-refractivity contribution in [2.75, 3.05) is 13.1 Å². The van der Waals surface area contributed by atoms with Gasteiger partial charge in [-0.15, -0.1) is 0 Å². The third-order valence-corrected chi connectivity index (χ3v) is 3.75. The molecule has 1 rings (SSSR count). The van der Waals surface area contributed by atoms with Gasteiger partial charge in [-0.25, -0.2) is 0 Å². The van der Waals surface area contributed by atoms with Gasteiger partial charge in [-0.2, -0.15) is 0 Å². The molecule has 2 atom stereocenters. The van der Waals surface area contributed by atoms with Gasteiger partial charge in [0.05, 0.1) is 0 Å². The summed E-state index contributed by atoms with van der Waals surface area (Å²) >= 11 is 0. The number of rotatable bonds is 6. The smallest absolute Gasteiger partial charge is 0.240 e. The Morgan fingerprint density at radius 2 is 2.00 bits per heavy atom. The van der Waals surface area contributed by atoms with E-state index in [-0.39, 0.29) is 17.7 Å². The first kappa shape index (κ1) is 16.0. The molecule has 0 aromatic rings. The third kappa shape index (κ3) is 4.82. The minimum absolute atomic E-state index is 0.0274. The molecule has 0 spiro atoms. The van der Waals surface area contributed by atoms with Crippen LogP contribution in [0.4, 0.5) is 0 Å². The standard InChI is InChI=1S/C14H27N3O2/c1-10(2)7-11(9-15)8-13(18)17-6-4-3-5-12(17)14(16)19/h10-12H,3-9,15H2,1-2H3,(H2,16,19)/t11-,12?/m0/s1. The Morgan fingerprint density at radius 3 is 2.53 bits per heavy atom. The number of carbonyl (C=O) groups is 2. The van der Waals surface area contributed by atoms with Gasteiger partial charge < -0.3 is 16.4 Å². The van der Waals surface area contributed by atoms with E-state index in [1.807, 2.05) is 0 Å². The fraction of sp³-hybridized carbons (Fsp3) is 0.857. The Kier molecular flexibility index (Phi) is 6.28. The van der Waals surface area contributed by atoms with Gasteiger partial charge in [-0.05, 0) is 44.1 Å². The van der Waals surface area contributed by atoms with Crippen LogP contribution in [-0.4, -0.2) is 35.8 Å². The van der Waals surface area contributed by atoms with Crippen LogP contribution in [0.25, 0.3) is 0 Å². The molecule has 2 amide bonds. The molecule has 1 fully saturated rings. The molecule has 0 bridgehead atoms. The SMILES string of the molecule is CC(C)C[C@H](CN)CC(=O)N1CCCCC1C(N)=O. The predicted octanol–water partition coefficient (Wildman–Crippen LogP) is 0.864. The Morgan fingerprint density at radius 1 is 1.32 bits per heavy atom. The Hall–Kier alpha value is -1.10. The van der Waals surface area contributed by atoms with Gasteiger partial charge in [0.1, 0.15) is 6.04 Å². The molecule has 0 saturated carbocycles. The van der Waals surface area contributed by atoms with Crippen LogP contribution in [0.3, 0.4) is 0 Å². The Bertz CT molecular complexity index is 318. The molecule has 19 heavy (non-hydrogen) atoms. The van der Waals surface area contributed by atoms with E-state index in [4.69, 9.17) is 11.5 Å². The maximum atomic E-state index is 12.3. The van der Waals surface area contributed by atoms with Crippen molar-refractivity contribution in [2.45, 2.75) is 52.0 Å². The number of likely N-dealkylation sites (tertiary alicyclic amines) is 1. The van der Waals surface area contributed by atoms with E-state index in [1.54, 1.807) is 4.90 Å². The number of nitrogens with zero attached hydrogens (tertiary/aromatic N) is 1. The molecule has 1 saturated heterocycles. The normalized spacial score (nSPS) is 21.5. The van der Waals surface area contributed by atoms with Crippen molar-refractivity contribution < 1.29 is 9.59 Å². The van der Waals surface area contributed by atoms with Crippen molar-refractivity contribution >= 4 is 11.8 Å². The second-order valence-electron chi connectivity index (χ2n) is 5.94. The number of hydrogen-bond acceptors (Lipinski definition) is 3. The number of primary amides is 1. The lowest BCUT2D eigenvalue weighted by molar-refractivity contribution is -0.141. The average Bonchev–Trinajstić information content (AvgIpc) is 2.37. The number of piperidine rings is 1. The van der Waals surface area contributed by atoms with Crippen LogP contribution < -0.4 is 11.5 Å². The predicted molar refractivity (Wildman–Crippen MR) is 75.2 cm³/mol. The third-order valence-electron chi connectivity index (χ3n) is 3.75. The van der Waals surface area contributed by atoms with Crippen LogP contribution >= 0.6 is 0 Å². The molecule has 1 heterocycles. The summed E-state index contributed by atoms with van der Waals surface area (Å²) in [5.74, 6) is 0.360. The lowest BCUT2D eigenvalue weighted by Crippen LogP contribution is -2.51. The second-order valence-corrected chi connectivity index (χ2v) is 5.94. The zero-order valence-corrected chi connectivity index (χ0v) is 12.1. The Balaban J connectivity index is 2.61. The molecular weight excluding hydrogens is 242 g/mol. The van der Waals surface area contributed by atoms with Crippen LogP contribution in [0.15, 0.2) is 0 Å². The fourth-order valence-corrected chi connectivity index (χ4v) is 2.82. The zero-order chi connectivity index (χ0) is 14.4. The van der Waals surface area contributed by atoms with Crippen LogP contribution in [0.2, 0.25) is 0 Å². The highest BCUT2D eigenvalue weighted by molar-refractivity contribution is 5.86. The maximum absolute atomic E-state index is 12.3. The largest absolute Gasteiger partial charge is 0.368 e. The quantitative estimate of drug-likeness (QED) is 0.749. The minimum Gasteiger partial charge on any atom is -0.368 e. The van der Waals surface area contributed by atoms with Crippen molar-refractivity contribution in [3.63, 3.8) is 0 Å². The first-order valence-corrected chi connectivity index (χ1v) is 7.24. The Labute approximate surface area is 115 Å². The van der Waals surface area contributed by atoms with E-state index in [2.05, 4.69) is 13.8 Å². The van der Waals surface area contributed by atoms with Crippen LogP contribution in [0, 0.1) is 11.8 Å². The summed E-state index contributed by atoms with van der Waals surface area (Å²) in [5.41, 5.74) is 11.1.